The van der Waals surface area contributed by atoms with Crippen LogP contribution < -0.4 is 5.73 Å². The molecule has 0 atom stereocenters. The van der Waals surface area contributed by atoms with Gasteiger partial charge < -0.3 is 5.73 Å². The van der Waals surface area contributed by atoms with Crippen molar-refractivity contribution in [3.05, 3.63) is 0 Å². The van der Waals surface area contributed by atoms with E-state index in [1.165, 1.54) is 38.5 Å². The first-order chi connectivity index (χ1) is 7.13. The normalized spacial score (nSPS) is 28.4. The van der Waals surface area contributed by atoms with Gasteiger partial charge in [0.2, 0.25) is 0 Å². The summed E-state index contributed by atoms with van der Waals surface area (Å²) in [5.41, 5.74) is 5.89. The lowest BCUT2D eigenvalue weighted by atomic mass is 9.84. The number of aliphatic imine (C=N–C) groups is 1. The molecular formula is C13H26N2. The zero-order valence-electron chi connectivity index (χ0n) is 10.5. The largest absolute Gasteiger partial charge is 0.387 e. The second-order valence-electron chi connectivity index (χ2n) is 5.17. The fraction of sp³-hybridized carbons (Fsp3) is 0.923. The van der Waals surface area contributed by atoms with E-state index in [4.69, 9.17) is 5.73 Å². The van der Waals surface area contributed by atoms with E-state index < -0.39 is 0 Å². The molecule has 1 saturated carbocycles. The molecule has 88 valence electrons. The van der Waals surface area contributed by atoms with Crippen molar-refractivity contribution in [2.45, 2.75) is 65.3 Å². The van der Waals surface area contributed by atoms with Gasteiger partial charge in [0, 0.05) is 5.92 Å². The molecule has 15 heavy (non-hydrogen) atoms. The van der Waals surface area contributed by atoms with E-state index in [-0.39, 0.29) is 0 Å². The van der Waals surface area contributed by atoms with Crippen LogP contribution in [-0.4, -0.2) is 11.9 Å². The third-order valence-corrected chi connectivity index (χ3v) is 3.44. The Morgan fingerprint density at radius 1 is 1.27 bits per heavy atom. The number of rotatable bonds is 4. The molecule has 0 heterocycles. The fourth-order valence-electron chi connectivity index (χ4n) is 2.33. The Hall–Kier alpha value is -0.530. The Morgan fingerprint density at radius 2 is 1.87 bits per heavy atom. The van der Waals surface area contributed by atoms with Crippen molar-refractivity contribution in [2.24, 2.45) is 22.6 Å². The molecule has 2 heteroatoms. The van der Waals surface area contributed by atoms with Crippen molar-refractivity contribution in [3.63, 3.8) is 0 Å². The summed E-state index contributed by atoms with van der Waals surface area (Å²) in [4.78, 5) is 4.62. The maximum atomic E-state index is 5.89. The number of nitrogens with zero attached hydrogens (tertiary/aromatic N) is 1. The van der Waals surface area contributed by atoms with Crippen LogP contribution in [0.15, 0.2) is 4.99 Å². The summed E-state index contributed by atoms with van der Waals surface area (Å²) in [5.74, 6) is 2.20. The van der Waals surface area contributed by atoms with E-state index in [9.17, 15) is 0 Å². The van der Waals surface area contributed by atoms with E-state index >= 15 is 0 Å². The van der Waals surface area contributed by atoms with Gasteiger partial charge in [0.25, 0.3) is 0 Å². The molecule has 0 amide bonds. The molecule has 1 fully saturated rings. The standard InChI is InChI=1S/C13H26N2/c1-4-5-11-6-8-12(9-7-11)15-13(14)10(2)3/h10-12H,4-9H2,1-3H3,(H2,14,15). The van der Waals surface area contributed by atoms with Gasteiger partial charge >= 0.3 is 0 Å². The molecule has 1 aliphatic carbocycles. The van der Waals surface area contributed by atoms with Gasteiger partial charge in [-0.05, 0) is 31.6 Å². The third-order valence-electron chi connectivity index (χ3n) is 3.44. The van der Waals surface area contributed by atoms with Crippen molar-refractivity contribution in [1.29, 1.82) is 0 Å². The van der Waals surface area contributed by atoms with Crippen molar-refractivity contribution in [1.82, 2.24) is 0 Å². The summed E-state index contributed by atoms with van der Waals surface area (Å²) >= 11 is 0. The van der Waals surface area contributed by atoms with Gasteiger partial charge in [-0.25, -0.2) is 0 Å². The maximum absolute atomic E-state index is 5.89. The van der Waals surface area contributed by atoms with Crippen LogP contribution in [0, 0.1) is 11.8 Å². The van der Waals surface area contributed by atoms with Crippen molar-refractivity contribution in [2.75, 3.05) is 0 Å². The topological polar surface area (TPSA) is 38.4 Å². The Balaban J connectivity index is 2.34. The summed E-state index contributed by atoms with van der Waals surface area (Å²) < 4.78 is 0. The van der Waals surface area contributed by atoms with Crippen LogP contribution in [0.3, 0.4) is 0 Å². The molecular weight excluding hydrogens is 184 g/mol. The molecule has 0 aromatic heterocycles. The monoisotopic (exact) mass is 210 g/mol. The predicted molar refractivity (Wildman–Crippen MR) is 67.1 cm³/mol. The molecule has 1 aliphatic rings. The zero-order valence-corrected chi connectivity index (χ0v) is 10.5. The molecule has 0 bridgehead atoms. The highest BCUT2D eigenvalue weighted by Crippen LogP contribution is 2.29. The Kier molecular flexibility index (Phi) is 5.13. The minimum atomic E-state index is 0.401. The molecule has 0 aliphatic heterocycles. The van der Waals surface area contributed by atoms with Crippen LogP contribution in [0.5, 0.6) is 0 Å². The van der Waals surface area contributed by atoms with Crippen LogP contribution in [0.1, 0.15) is 59.3 Å². The molecule has 1 rings (SSSR count). The smallest absolute Gasteiger partial charge is 0.0966 e. The van der Waals surface area contributed by atoms with Crippen molar-refractivity contribution in [3.8, 4) is 0 Å². The number of hydrogen-bond acceptors (Lipinski definition) is 1. The van der Waals surface area contributed by atoms with Crippen molar-refractivity contribution < 1.29 is 0 Å². The van der Waals surface area contributed by atoms with Gasteiger partial charge in [-0.3, -0.25) is 4.99 Å². The van der Waals surface area contributed by atoms with E-state index in [0.29, 0.717) is 12.0 Å². The van der Waals surface area contributed by atoms with E-state index in [2.05, 4.69) is 25.8 Å². The Labute approximate surface area is 94.3 Å². The maximum Gasteiger partial charge on any atom is 0.0966 e. The molecule has 0 aromatic carbocycles. The lowest BCUT2D eigenvalue weighted by Crippen LogP contribution is -2.24. The molecule has 0 radical (unpaired) electrons. The van der Waals surface area contributed by atoms with Crippen LogP contribution in [0.2, 0.25) is 0 Å². The van der Waals surface area contributed by atoms with Gasteiger partial charge in [-0.1, -0.05) is 33.6 Å². The highest BCUT2D eigenvalue weighted by atomic mass is 14.9. The minimum absolute atomic E-state index is 0.401. The van der Waals surface area contributed by atoms with Gasteiger partial charge in [0.1, 0.15) is 0 Å². The first-order valence-electron chi connectivity index (χ1n) is 6.46. The summed E-state index contributed by atoms with van der Waals surface area (Å²) in [5, 5.41) is 0. The summed E-state index contributed by atoms with van der Waals surface area (Å²) in [7, 11) is 0. The highest BCUT2D eigenvalue weighted by molar-refractivity contribution is 5.82. The van der Waals surface area contributed by atoms with E-state index in [0.717, 1.165) is 11.8 Å². The summed E-state index contributed by atoms with van der Waals surface area (Å²) in [6.45, 7) is 6.50. The average Bonchev–Trinajstić information content (AvgIpc) is 2.21. The Bertz CT molecular complexity index is 201. The second kappa shape index (κ2) is 6.14. The van der Waals surface area contributed by atoms with E-state index in [1.54, 1.807) is 0 Å². The number of amidine groups is 1. The molecule has 0 aromatic rings. The summed E-state index contributed by atoms with van der Waals surface area (Å²) in [6, 6.07) is 0.514. The number of hydrogen-bond donors (Lipinski definition) is 1. The molecule has 0 saturated heterocycles. The summed E-state index contributed by atoms with van der Waals surface area (Å²) in [6.07, 6.45) is 7.93. The molecule has 2 N–H and O–H groups in total. The van der Waals surface area contributed by atoms with Crippen LogP contribution in [-0.2, 0) is 0 Å². The van der Waals surface area contributed by atoms with Crippen LogP contribution in [0.4, 0.5) is 0 Å². The molecule has 2 nitrogen and oxygen atoms in total. The van der Waals surface area contributed by atoms with Gasteiger partial charge in [0.15, 0.2) is 0 Å². The lowest BCUT2D eigenvalue weighted by Gasteiger charge is -2.26. The zero-order chi connectivity index (χ0) is 11.3. The molecule has 0 unspecified atom stereocenters. The first-order valence-corrected chi connectivity index (χ1v) is 6.46. The van der Waals surface area contributed by atoms with Crippen molar-refractivity contribution >= 4 is 5.84 Å². The highest BCUT2D eigenvalue weighted by Gasteiger charge is 2.20. The van der Waals surface area contributed by atoms with E-state index in [1.807, 2.05) is 0 Å². The average molecular weight is 210 g/mol. The van der Waals surface area contributed by atoms with Crippen LogP contribution in [0.25, 0.3) is 0 Å². The predicted octanol–water partition coefficient (Wildman–Crippen LogP) is 3.36. The van der Waals surface area contributed by atoms with Gasteiger partial charge in [-0.15, -0.1) is 0 Å². The first kappa shape index (κ1) is 12.5. The quantitative estimate of drug-likeness (QED) is 0.561. The fourth-order valence-corrected chi connectivity index (χ4v) is 2.33. The van der Waals surface area contributed by atoms with Gasteiger partial charge in [-0.2, -0.15) is 0 Å². The number of nitrogens with two attached hydrogens (primary N) is 1. The van der Waals surface area contributed by atoms with Gasteiger partial charge in [0.05, 0.1) is 11.9 Å². The minimum Gasteiger partial charge on any atom is -0.387 e. The SMILES string of the molecule is CCCC1CCC(N=C(N)C(C)C)CC1. The second-order valence-corrected chi connectivity index (χ2v) is 5.17. The lowest BCUT2D eigenvalue weighted by molar-refractivity contribution is 0.309. The Morgan fingerprint density at radius 3 is 2.33 bits per heavy atom. The third kappa shape index (κ3) is 4.23. The van der Waals surface area contributed by atoms with Crippen LogP contribution >= 0.6 is 0 Å². The molecule has 0 spiro atoms.